The number of amides is 2. The minimum Gasteiger partial charge on any atom is -0.371 e. The molecule has 0 radical (unpaired) electrons. The molecule has 1 atom stereocenters. The molecular formula is C24H32N4O4S. The van der Waals surface area contributed by atoms with Gasteiger partial charge in [0.2, 0.25) is 15.9 Å². The second kappa shape index (κ2) is 11.3. The van der Waals surface area contributed by atoms with Gasteiger partial charge in [-0.2, -0.15) is 0 Å². The largest absolute Gasteiger partial charge is 0.371 e. The van der Waals surface area contributed by atoms with Gasteiger partial charge in [-0.1, -0.05) is 31.9 Å². The number of hydrogen-bond acceptors (Lipinski definition) is 5. The Labute approximate surface area is 195 Å². The van der Waals surface area contributed by atoms with E-state index >= 15 is 0 Å². The predicted octanol–water partition coefficient (Wildman–Crippen LogP) is 3.12. The van der Waals surface area contributed by atoms with Gasteiger partial charge in [-0.3, -0.25) is 9.59 Å². The van der Waals surface area contributed by atoms with Gasteiger partial charge < -0.3 is 15.5 Å². The number of carbonyl (C=O) groups is 2. The van der Waals surface area contributed by atoms with Gasteiger partial charge in [0.15, 0.2) is 0 Å². The van der Waals surface area contributed by atoms with Gasteiger partial charge in [-0.05, 0) is 62.7 Å². The summed E-state index contributed by atoms with van der Waals surface area (Å²) in [6.45, 7) is 4.03. The van der Waals surface area contributed by atoms with Crippen LogP contribution < -0.4 is 20.3 Å². The molecule has 2 aromatic rings. The first-order valence-corrected chi connectivity index (χ1v) is 12.8. The zero-order valence-electron chi connectivity index (χ0n) is 19.1. The van der Waals surface area contributed by atoms with Gasteiger partial charge in [0.25, 0.3) is 5.91 Å². The number of nitrogens with one attached hydrogen (secondary N) is 3. The molecule has 33 heavy (non-hydrogen) atoms. The van der Waals surface area contributed by atoms with E-state index in [1.807, 2.05) is 31.2 Å². The predicted molar refractivity (Wildman–Crippen MR) is 130 cm³/mol. The lowest BCUT2D eigenvalue weighted by molar-refractivity contribution is -0.118. The zero-order chi connectivity index (χ0) is 23.8. The standard InChI is InChI=1S/C24H32N4O4S/c1-3-4-13-22(27-23(29)18-9-7-12-21(16-18)33(31,32)25-2)24(30)26-19-10-8-11-20(17-19)28-14-5-6-15-28/h7-12,16-17,22,25H,3-6,13-15H2,1-2H3,(H,26,30)(H,27,29). The number of sulfonamides is 1. The van der Waals surface area contributed by atoms with Crippen molar-refractivity contribution in [3.63, 3.8) is 0 Å². The maximum atomic E-state index is 13.0. The van der Waals surface area contributed by atoms with Crippen LogP contribution in [0.15, 0.2) is 53.4 Å². The number of hydrogen-bond donors (Lipinski definition) is 3. The summed E-state index contributed by atoms with van der Waals surface area (Å²) >= 11 is 0. The highest BCUT2D eigenvalue weighted by Crippen LogP contribution is 2.23. The van der Waals surface area contributed by atoms with Crippen molar-refractivity contribution in [2.24, 2.45) is 0 Å². The van der Waals surface area contributed by atoms with Crippen molar-refractivity contribution in [1.29, 1.82) is 0 Å². The highest BCUT2D eigenvalue weighted by atomic mass is 32.2. The molecule has 0 aromatic heterocycles. The monoisotopic (exact) mass is 472 g/mol. The third-order valence-electron chi connectivity index (χ3n) is 5.73. The Bertz CT molecular complexity index is 1080. The molecule has 9 heteroatoms. The first kappa shape index (κ1) is 24.7. The van der Waals surface area contributed by atoms with E-state index in [2.05, 4.69) is 20.3 Å². The Morgan fingerprint density at radius 3 is 2.48 bits per heavy atom. The first-order chi connectivity index (χ1) is 15.8. The topological polar surface area (TPSA) is 108 Å². The summed E-state index contributed by atoms with van der Waals surface area (Å²) in [5, 5.41) is 5.71. The molecular weight excluding hydrogens is 440 g/mol. The third-order valence-corrected chi connectivity index (χ3v) is 7.14. The fourth-order valence-corrected chi connectivity index (χ4v) is 4.60. The number of unbranched alkanes of at least 4 members (excludes halogenated alkanes) is 1. The molecule has 3 N–H and O–H groups in total. The molecule has 0 bridgehead atoms. The van der Waals surface area contributed by atoms with E-state index < -0.39 is 22.0 Å². The molecule has 2 amide bonds. The van der Waals surface area contributed by atoms with E-state index in [-0.39, 0.29) is 16.4 Å². The van der Waals surface area contributed by atoms with Crippen LogP contribution in [0.2, 0.25) is 0 Å². The minimum atomic E-state index is -3.68. The number of benzene rings is 2. The Morgan fingerprint density at radius 2 is 1.79 bits per heavy atom. The Morgan fingerprint density at radius 1 is 1.06 bits per heavy atom. The average Bonchev–Trinajstić information content (AvgIpc) is 3.37. The molecule has 1 unspecified atom stereocenters. The molecule has 0 saturated carbocycles. The molecule has 8 nitrogen and oxygen atoms in total. The molecule has 1 aliphatic rings. The quantitative estimate of drug-likeness (QED) is 0.492. The van der Waals surface area contributed by atoms with Crippen LogP contribution in [0.3, 0.4) is 0 Å². The van der Waals surface area contributed by atoms with Crippen molar-refractivity contribution in [2.45, 2.75) is 50.0 Å². The number of rotatable bonds is 10. The maximum absolute atomic E-state index is 13.0. The fraction of sp³-hybridized carbons (Fsp3) is 0.417. The summed E-state index contributed by atoms with van der Waals surface area (Å²) in [5.41, 5.74) is 1.93. The molecule has 3 rings (SSSR count). The number of anilines is 2. The summed E-state index contributed by atoms with van der Waals surface area (Å²) < 4.78 is 26.4. The lowest BCUT2D eigenvalue weighted by Crippen LogP contribution is -2.43. The molecule has 1 saturated heterocycles. The lowest BCUT2D eigenvalue weighted by atomic mass is 10.1. The number of carbonyl (C=O) groups excluding carboxylic acids is 2. The van der Waals surface area contributed by atoms with Crippen molar-refractivity contribution in [1.82, 2.24) is 10.0 Å². The molecule has 178 valence electrons. The molecule has 0 spiro atoms. The van der Waals surface area contributed by atoms with Gasteiger partial charge in [-0.25, -0.2) is 13.1 Å². The van der Waals surface area contributed by atoms with Crippen LogP contribution in [0, 0.1) is 0 Å². The third kappa shape index (κ3) is 6.55. The Balaban J connectivity index is 1.73. The van der Waals surface area contributed by atoms with Crippen molar-refractivity contribution < 1.29 is 18.0 Å². The van der Waals surface area contributed by atoms with Gasteiger partial charge in [-0.15, -0.1) is 0 Å². The molecule has 1 heterocycles. The van der Waals surface area contributed by atoms with Crippen molar-refractivity contribution in [3.8, 4) is 0 Å². The summed E-state index contributed by atoms with van der Waals surface area (Å²) in [6.07, 6.45) is 4.45. The first-order valence-electron chi connectivity index (χ1n) is 11.3. The summed E-state index contributed by atoms with van der Waals surface area (Å²) in [5.74, 6) is -0.792. The second-order valence-corrected chi connectivity index (χ2v) is 10.0. The van der Waals surface area contributed by atoms with E-state index in [1.54, 1.807) is 0 Å². The molecule has 1 aliphatic heterocycles. The summed E-state index contributed by atoms with van der Waals surface area (Å²) in [7, 11) is -2.37. The van der Waals surface area contributed by atoms with Crippen LogP contribution in [-0.2, 0) is 14.8 Å². The SMILES string of the molecule is CCCCC(NC(=O)c1cccc(S(=O)(=O)NC)c1)C(=O)Nc1cccc(N2CCCC2)c1. The van der Waals surface area contributed by atoms with Gasteiger partial charge in [0.1, 0.15) is 6.04 Å². The van der Waals surface area contributed by atoms with Crippen LogP contribution in [0.4, 0.5) is 11.4 Å². The lowest BCUT2D eigenvalue weighted by Gasteiger charge is -2.21. The van der Waals surface area contributed by atoms with E-state index in [9.17, 15) is 18.0 Å². The van der Waals surface area contributed by atoms with E-state index in [0.717, 1.165) is 31.6 Å². The minimum absolute atomic E-state index is 0.00839. The van der Waals surface area contributed by atoms with Crippen LogP contribution in [0.1, 0.15) is 49.4 Å². The van der Waals surface area contributed by atoms with E-state index in [1.165, 1.54) is 44.2 Å². The maximum Gasteiger partial charge on any atom is 0.251 e. The summed E-state index contributed by atoms with van der Waals surface area (Å²) in [4.78, 5) is 28.2. The zero-order valence-corrected chi connectivity index (χ0v) is 20.0. The van der Waals surface area contributed by atoms with Crippen LogP contribution in [0.25, 0.3) is 0 Å². The fourth-order valence-electron chi connectivity index (χ4n) is 3.83. The van der Waals surface area contributed by atoms with Crippen LogP contribution in [-0.4, -0.2) is 46.4 Å². The highest BCUT2D eigenvalue weighted by Gasteiger charge is 2.23. The van der Waals surface area contributed by atoms with Gasteiger partial charge in [0, 0.05) is 30.0 Å². The Kier molecular flexibility index (Phi) is 8.46. The molecule has 0 aliphatic carbocycles. The number of nitrogens with zero attached hydrogens (tertiary/aromatic N) is 1. The molecule has 1 fully saturated rings. The molecule has 2 aromatic carbocycles. The van der Waals surface area contributed by atoms with Crippen molar-refractivity contribution >= 4 is 33.2 Å². The Hall–Kier alpha value is -2.91. The second-order valence-electron chi connectivity index (χ2n) is 8.14. The van der Waals surface area contributed by atoms with Gasteiger partial charge >= 0.3 is 0 Å². The van der Waals surface area contributed by atoms with E-state index in [0.29, 0.717) is 12.1 Å². The smallest absolute Gasteiger partial charge is 0.251 e. The normalized spacial score (nSPS) is 14.7. The average molecular weight is 473 g/mol. The van der Waals surface area contributed by atoms with Crippen LogP contribution >= 0.6 is 0 Å². The summed E-state index contributed by atoms with van der Waals surface area (Å²) in [6, 6.07) is 12.7. The van der Waals surface area contributed by atoms with Crippen molar-refractivity contribution in [2.75, 3.05) is 30.4 Å². The van der Waals surface area contributed by atoms with Gasteiger partial charge in [0.05, 0.1) is 4.90 Å². The van der Waals surface area contributed by atoms with Crippen LogP contribution in [0.5, 0.6) is 0 Å². The van der Waals surface area contributed by atoms with Crippen molar-refractivity contribution in [3.05, 3.63) is 54.1 Å². The van der Waals surface area contributed by atoms with E-state index in [4.69, 9.17) is 0 Å². The highest BCUT2D eigenvalue weighted by molar-refractivity contribution is 7.89.